The molecule has 0 aromatic carbocycles. The van der Waals surface area contributed by atoms with Gasteiger partial charge in [-0.1, -0.05) is 112 Å². The Morgan fingerprint density at radius 2 is 1.14 bits per heavy atom. The predicted octanol–water partition coefficient (Wildman–Crippen LogP) is 6.36. The van der Waals surface area contributed by atoms with Crippen molar-refractivity contribution in [3.8, 4) is 0 Å². The average Bonchev–Trinajstić information content (AvgIpc) is 2.54. The van der Waals surface area contributed by atoms with E-state index in [2.05, 4.69) is 39.5 Å². The van der Waals surface area contributed by atoms with E-state index in [1.54, 1.807) is 36.5 Å². The molecular formula is C22H24. The summed E-state index contributed by atoms with van der Waals surface area (Å²) in [7, 11) is 0. The zero-order chi connectivity index (χ0) is 16.8. The lowest BCUT2D eigenvalue weighted by atomic mass is 9.91. The molecule has 22 heavy (non-hydrogen) atoms. The van der Waals surface area contributed by atoms with Crippen LogP contribution in [0, 0.1) is 0 Å². The summed E-state index contributed by atoms with van der Waals surface area (Å²) in [5, 5.41) is 0. The van der Waals surface area contributed by atoms with Gasteiger partial charge in [-0.25, -0.2) is 0 Å². The van der Waals surface area contributed by atoms with Crippen LogP contribution in [0.25, 0.3) is 0 Å². The third-order valence-electron chi connectivity index (χ3n) is 2.74. The number of hydrogen-bond acceptors (Lipinski definition) is 0. The monoisotopic (exact) mass is 288 g/mol. The number of allylic oxidation sites excluding steroid dienone is 16. The molecule has 0 bridgehead atoms. The molecule has 0 aromatic rings. The molecule has 0 spiro atoms. The smallest absolute Gasteiger partial charge is 0.0106 e. The molecule has 112 valence electrons. The van der Waals surface area contributed by atoms with Crippen molar-refractivity contribution in [3.63, 3.8) is 0 Å². The van der Waals surface area contributed by atoms with Crippen LogP contribution in [-0.2, 0) is 0 Å². The van der Waals surface area contributed by atoms with Crippen molar-refractivity contribution in [2.24, 2.45) is 0 Å². The third kappa shape index (κ3) is 6.06. The Balaban J connectivity index is 6.44. The molecule has 0 fully saturated rings. The first kappa shape index (κ1) is 19.1. The van der Waals surface area contributed by atoms with Gasteiger partial charge in [-0.05, 0) is 22.3 Å². The highest BCUT2D eigenvalue weighted by atomic mass is 14.1. The molecule has 0 nitrogen and oxygen atoms in total. The average molecular weight is 288 g/mol. The van der Waals surface area contributed by atoms with E-state index in [-0.39, 0.29) is 0 Å². The van der Waals surface area contributed by atoms with Gasteiger partial charge in [0.05, 0.1) is 0 Å². The van der Waals surface area contributed by atoms with Gasteiger partial charge in [0.25, 0.3) is 0 Å². The molecule has 0 aromatic heterocycles. The van der Waals surface area contributed by atoms with E-state index in [0.717, 1.165) is 22.3 Å². The molecule has 0 aliphatic heterocycles. The Labute approximate surface area is 135 Å². The van der Waals surface area contributed by atoms with Crippen molar-refractivity contribution in [2.75, 3.05) is 0 Å². The molecule has 0 saturated heterocycles. The molecule has 0 heteroatoms. The van der Waals surface area contributed by atoms with E-state index in [0.29, 0.717) is 0 Å². The van der Waals surface area contributed by atoms with Crippen LogP contribution in [-0.4, -0.2) is 0 Å². The van der Waals surface area contributed by atoms with Crippen LogP contribution >= 0.6 is 0 Å². The largest absolute Gasteiger partial charge is 0.0991 e. The fourth-order valence-electron chi connectivity index (χ4n) is 1.80. The second kappa shape index (κ2) is 11.9. The highest BCUT2D eigenvalue weighted by Gasteiger charge is 2.08. The summed E-state index contributed by atoms with van der Waals surface area (Å²) in [6.45, 7) is 22.7. The highest BCUT2D eigenvalue weighted by molar-refractivity contribution is 5.62. The molecule has 0 atom stereocenters. The molecule has 0 rings (SSSR count). The van der Waals surface area contributed by atoms with E-state index in [9.17, 15) is 0 Å². The maximum Gasteiger partial charge on any atom is -0.0106 e. The van der Waals surface area contributed by atoms with Crippen LogP contribution in [0.15, 0.2) is 135 Å². The second-order valence-corrected chi connectivity index (χ2v) is 4.14. The van der Waals surface area contributed by atoms with Gasteiger partial charge in [0.1, 0.15) is 0 Å². The van der Waals surface area contributed by atoms with E-state index in [1.165, 1.54) is 0 Å². The highest BCUT2D eigenvalue weighted by Crippen LogP contribution is 2.26. The fourth-order valence-corrected chi connectivity index (χ4v) is 1.80. The molecule has 0 saturated carbocycles. The van der Waals surface area contributed by atoms with Crippen molar-refractivity contribution in [2.45, 2.75) is 0 Å². The van der Waals surface area contributed by atoms with E-state index in [1.807, 2.05) is 36.5 Å². The lowest BCUT2D eigenvalue weighted by Crippen LogP contribution is -1.94. The summed E-state index contributed by atoms with van der Waals surface area (Å²) in [5.74, 6) is 0. The Morgan fingerprint density at radius 3 is 1.59 bits per heavy atom. The van der Waals surface area contributed by atoms with Crippen LogP contribution in [0.4, 0.5) is 0 Å². The number of rotatable bonds is 10. The Bertz CT molecular complexity index is 586. The molecule has 0 aliphatic rings. The van der Waals surface area contributed by atoms with Gasteiger partial charge in [-0.15, -0.1) is 0 Å². The zero-order valence-corrected chi connectivity index (χ0v) is 13.2. The Morgan fingerprint density at radius 1 is 0.591 bits per heavy atom. The first-order chi connectivity index (χ1) is 10.7. The van der Waals surface area contributed by atoms with Crippen molar-refractivity contribution < 1.29 is 0 Å². The van der Waals surface area contributed by atoms with E-state index < -0.39 is 0 Å². The van der Waals surface area contributed by atoms with Crippen molar-refractivity contribution in [1.29, 1.82) is 0 Å². The lowest BCUT2D eigenvalue weighted by molar-refractivity contribution is 1.42. The van der Waals surface area contributed by atoms with Crippen LogP contribution in [0.3, 0.4) is 0 Å². The van der Waals surface area contributed by atoms with Crippen molar-refractivity contribution in [1.82, 2.24) is 0 Å². The molecule has 0 radical (unpaired) electrons. The van der Waals surface area contributed by atoms with Gasteiger partial charge in [0, 0.05) is 0 Å². The van der Waals surface area contributed by atoms with E-state index in [4.69, 9.17) is 0 Å². The quantitative estimate of drug-likeness (QED) is 0.410. The minimum atomic E-state index is 0.924. The van der Waals surface area contributed by atoms with Crippen LogP contribution < -0.4 is 0 Å². The van der Waals surface area contributed by atoms with E-state index >= 15 is 0 Å². The standard InChI is InChI=1S/C22H24/c1-7-13-17-20(15-9-3)21(16-10-4)22(18-14-8-2)19(11-5)12-6/h7-18H,1-6H2/b17-13-,18-14-,20-15?,21-16-. The van der Waals surface area contributed by atoms with Crippen LogP contribution in [0.2, 0.25) is 0 Å². The molecule has 0 heterocycles. The van der Waals surface area contributed by atoms with Crippen LogP contribution in [0.1, 0.15) is 0 Å². The molecule has 0 N–H and O–H groups in total. The predicted molar refractivity (Wildman–Crippen MR) is 103 cm³/mol. The minimum absolute atomic E-state index is 0.924. The van der Waals surface area contributed by atoms with Gasteiger partial charge in [0.15, 0.2) is 0 Å². The zero-order valence-electron chi connectivity index (χ0n) is 13.2. The van der Waals surface area contributed by atoms with Gasteiger partial charge < -0.3 is 0 Å². The van der Waals surface area contributed by atoms with Gasteiger partial charge in [-0.2, -0.15) is 0 Å². The third-order valence-corrected chi connectivity index (χ3v) is 2.74. The Kier molecular flexibility index (Phi) is 10.4. The van der Waals surface area contributed by atoms with Gasteiger partial charge in [-0.3, -0.25) is 0 Å². The van der Waals surface area contributed by atoms with Gasteiger partial charge >= 0.3 is 0 Å². The summed E-state index contributed by atoms with van der Waals surface area (Å²) < 4.78 is 0. The molecule has 0 amide bonds. The van der Waals surface area contributed by atoms with Crippen LogP contribution in [0.5, 0.6) is 0 Å². The normalized spacial score (nSPS) is 12.0. The molecule has 0 aliphatic carbocycles. The maximum atomic E-state index is 3.86. The summed E-state index contributed by atoms with van der Waals surface area (Å²) in [5.41, 5.74) is 3.88. The lowest BCUT2D eigenvalue weighted by Gasteiger charge is -2.12. The molecule has 0 unspecified atom stereocenters. The van der Waals surface area contributed by atoms with Crippen molar-refractivity contribution >= 4 is 0 Å². The topological polar surface area (TPSA) is 0 Å². The first-order valence-corrected chi connectivity index (χ1v) is 6.93. The molecular weight excluding hydrogens is 264 g/mol. The fraction of sp³-hybridized carbons (Fsp3) is 0. The summed E-state index contributed by atoms with van der Waals surface area (Å²) >= 11 is 0. The number of hydrogen-bond donors (Lipinski definition) is 0. The SMILES string of the molecule is C=CC=C(/C=C\C=C)/C(=C/C=C)C(/C=C\C=C)=C(C=C)C=C. The summed E-state index contributed by atoms with van der Waals surface area (Å²) in [6.07, 6.45) is 22.1. The van der Waals surface area contributed by atoms with Crippen molar-refractivity contribution in [3.05, 3.63) is 135 Å². The summed E-state index contributed by atoms with van der Waals surface area (Å²) in [6, 6.07) is 0. The Hall–Kier alpha value is -2.86. The minimum Gasteiger partial charge on any atom is -0.0991 e. The second-order valence-electron chi connectivity index (χ2n) is 4.14. The summed E-state index contributed by atoms with van der Waals surface area (Å²) in [4.78, 5) is 0. The maximum absolute atomic E-state index is 3.86. The first-order valence-electron chi connectivity index (χ1n) is 6.93. The van der Waals surface area contributed by atoms with Gasteiger partial charge in [0.2, 0.25) is 0 Å².